The van der Waals surface area contributed by atoms with E-state index >= 15 is 0 Å². The smallest absolute Gasteiger partial charge is 0.205 e. The molecular formula is C15H26N2O3Si. The Bertz CT molecular complexity index is 544. The summed E-state index contributed by atoms with van der Waals surface area (Å²) in [5.74, 6) is 1.34. The zero-order valence-electron chi connectivity index (χ0n) is 13.6. The van der Waals surface area contributed by atoms with E-state index in [-0.39, 0.29) is 17.0 Å². The van der Waals surface area contributed by atoms with Crippen LogP contribution in [0.15, 0.2) is 15.6 Å². The van der Waals surface area contributed by atoms with Gasteiger partial charge in [0.25, 0.3) is 0 Å². The van der Waals surface area contributed by atoms with E-state index in [2.05, 4.69) is 39.0 Å². The molecule has 3 N–H and O–H groups in total. The van der Waals surface area contributed by atoms with Crippen molar-refractivity contribution in [2.45, 2.75) is 64.3 Å². The van der Waals surface area contributed by atoms with Crippen molar-refractivity contribution in [1.29, 1.82) is 0 Å². The molecule has 0 amide bonds. The first-order valence-electron chi connectivity index (χ1n) is 7.44. The maximum absolute atomic E-state index is 8.79. The van der Waals surface area contributed by atoms with E-state index in [9.17, 15) is 0 Å². The third-order valence-electron chi connectivity index (χ3n) is 4.66. The topological polar surface area (TPSA) is 81.0 Å². The number of rotatable bonds is 3. The van der Waals surface area contributed by atoms with Gasteiger partial charge in [-0.2, -0.15) is 0 Å². The van der Waals surface area contributed by atoms with Gasteiger partial charge in [0.2, 0.25) is 5.84 Å². The molecule has 6 heteroatoms. The number of amidine groups is 1. The highest BCUT2D eigenvalue weighted by Gasteiger charge is 2.40. The Morgan fingerprint density at radius 2 is 2.14 bits per heavy atom. The van der Waals surface area contributed by atoms with Crippen LogP contribution < -0.4 is 5.73 Å². The molecular weight excluding hydrogens is 284 g/mol. The maximum Gasteiger partial charge on any atom is 0.205 e. The summed E-state index contributed by atoms with van der Waals surface area (Å²) in [6, 6.07) is 1.86. The number of nitrogens with two attached hydrogens (primary N) is 1. The summed E-state index contributed by atoms with van der Waals surface area (Å²) in [6.07, 6.45) is 2.97. The maximum atomic E-state index is 8.79. The molecule has 1 atom stereocenters. The van der Waals surface area contributed by atoms with Crippen molar-refractivity contribution in [3.63, 3.8) is 0 Å². The van der Waals surface area contributed by atoms with E-state index < -0.39 is 8.32 Å². The molecule has 0 saturated carbocycles. The molecule has 0 spiro atoms. The molecule has 5 nitrogen and oxygen atoms in total. The van der Waals surface area contributed by atoms with Gasteiger partial charge < -0.3 is 19.8 Å². The number of oxime groups is 1. The number of fused-ring (bicyclic) bond motifs is 1. The van der Waals surface area contributed by atoms with Gasteiger partial charge in [-0.25, -0.2) is 0 Å². The van der Waals surface area contributed by atoms with Crippen LogP contribution in [0.3, 0.4) is 0 Å². The Kier molecular flexibility index (Phi) is 4.21. The summed E-state index contributed by atoms with van der Waals surface area (Å²) in [5.41, 5.74) is 6.69. The van der Waals surface area contributed by atoms with Gasteiger partial charge in [-0.05, 0) is 37.0 Å². The first-order valence-corrected chi connectivity index (χ1v) is 10.3. The molecule has 2 rings (SSSR count). The number of hydrogen-bond acceptors (Lipinski definition) is 4. The number of furan rings is 1. The monoisotopic (exact) mass is 310 g/mol. The highest BCUT2D eigenvalue weighted by molar-refractivity contribution is 6.74. The quantitative estimate of drug-likeness (QED) is 0.293. The zero-order valence-corrected chi connectivity index (χ0v) is 14.6. The van der Waals surface area contributed by atoms with Crippen LogP contribution in [0.1, 0.15) is 56.8 Å². The van der Waals surface area contributed by atoms with Crippen LogP contribution in [-0.2, 0) is 10.8 Å². The molecule has 1 aromatic heterocycles. The van der Waals surface area contributed by atoms with E-state index in [1.165, 1.54) is 0 Å². The lowest BCUT2D eigenvalue weighted by Gasteiger charge is -2.40. The van der Waals surface area contributed by atoms with Crippen LogP contribution in [0.25, 0.3) is 0 Å². The molecule has 0 bridgehead atoms. The molecule has 0 fully saturated rings. The molecule has 118 valence electrons. The van der Waals surface area contributed by atoms with Gasteiger partial charge in [-0.1, -0.05) is 25.9 Å². The first kappa shape index (κ1) is 16.1. The predicted octanol–water partition coefficient (Wildman–Crippen LogP) is 3.77. The normalized spacial score (nSPS) is 20.4. The van der Waals surface area contributed by atoms with Crippen LogP contribution in [0, 0.1) is 0 Å². The van der Waals surface area contributed by atoms with Crippen molar-refractivity contribution >= 4 is 14.2 Å². The summed E-state index contributed by atoms with van der Waals surface area (Å²) in [4.78, 5) is 0. The average Bonchev–Trinajstić information content (AvgIpc) is 2.81. The molecule has 1 unspecified atom stereocenters. The molecule has 1 aromatic rings. The van der Waals surface area contributed by atoms with Gasteiger partial charge in [-0.15, -0.1) is 0 Å². The van der Waals surface area contributed by atoms with E-state index in [0.717, 1.165) is 30.6 Å². The Balaban J connectivity index is 2.28. The molecule has 0 aliphatic heterocycles. The van der Waals surface area contributed by atoms with E-state index in [4.69, 9.17) is 19.8 Å². The van der Waals surface area contributed by atoms with Gasteiger partial charge in [-0.3, -0.25) is 0 Å². The molecule has 0 saturated heterocycles. The average molecular weight is 310 g/mol. The second-order valence-corrected chi connectivity index (χ2v) is 12.0. The van der Waals surface area contributed by atoms with Crippen molar-refractivity contribution in [3.8, 4) is 0 Å². The van der Waals surface area contributed by atoms with Gasteiger partial charge in [0.1, 0.15) is 5.76 Å². The minimum Gasteiger partial charge on any atom is -0.457 e. The van der Waals surface area contributed by atoms with E-state index in [1.807, 2.05) is 6.07 Å². The Morgan fingerprint density at radius 1 is 1.48 bits per heavy atom. The third kappa shape index (κ3) is 3.16. The lowest BCUT2D eigenvalue weighted by molar-refractivity contribution is 0.159. The molecule has 0 radical (unpaired) electrons. The number of nitrogens with zero attached hydrogens (tertiary/aromatic N) is 1. The van der Waals surface area contributed by atoms with Crippen LogP contribution in [-0.4, -0.2) is 19.4 Å². The van der Waals surface area contributed by atoms with Crippen LogP contribution in [0.5, 0.6) is 0 Å². The summed E-state index contributed by atoms with van der Waals surface area (Å²) in [6.45, 7) is 11.2. The lowest BCUT2D eigenvalue weighted by atomic mass is 9.96. The van der Waals surface area contributed by atoms with Crippen molar-refractivity contribution in [1.82, 2.24) is 0 Å². The largest absolute Gasteiger partial charge is 0.457 e. The van der Waals surface area contributed by atoms with Crippen molar-refractivity contribution in [2.75, 3.05) is 0 Å². The minimum absolute atomic E-state index is 0.00970. The summed E-state index contributed by atoms with van der Waals surface area (Å²) >= 11 is 0. The van der Waals surface area contributed by atoms with Gasteiger partial charge >= 0.3 is 0 Å². The standard InChI is InChI=1S/C15H26N2O3Si/c1-15(2,3)21(4,5)20-12-8-6-7-11-10(12)9-13(19-11)14(16)17-18/h9,12,18H,6-8H2,1-5H3,(H2,16,17). The summed E-state index contributed by atoms with van der Waals surface area (Å²) in [5, 5.41) is 12.0. The number of aryl methyl sites for hydroxylation is 1. The van der Waals surface area contributed by atoms with Crippen LogP contribution in [0.4, 0.5) is 0 Å². The summed E-state index contributed by atoms with van der Waals surface area (Å²) < 4.78 is 12.2. The highest BCUT2D eigenvalue weighted by atomic mass is 28.4. The predicted molar refractivity (Wildman–Crippen MR) is 85.2 cm³/mol. The van der Waals surface area contributed by atoms with Crippen LogP contribution in [0.2, 0.25) is 18.1 Å². The highest BCUT2D eigenvalue weighted by Crippen LogP contribution is 2.43. The molecule has 1 aliphatic rings. The van der Waals surface area contributed by atoms with Crippen molar-refractivity contribution in [2.24, 2.45) is 10.9 Å². The van der Waals surface area contributed by atoms with E-state index in [0.29, 0.717) is 5.76 Å². The fourth-order valence-electron chi connectivity index (χ4n) is 2.34. The number of hydrogen-bond donors (Lipinski definition) is 2. The molecule has 1 aliphatic carbocycles. The Labute approximate surface area is 127 Å². The molecule has 21 heavy (non-hydrogen) atoms. The zero-order chi connectivity index (χ0) is 15.8. The van der Waals surface area contributed by atoms with Gasteiger partial charge in [0, 0.05) is 12.0 Å². The van der Waals surface area contributed by atoms with Crippen molar-refractivity contribution < 1.29 is 14.1 Å². The van der Waals surface area contributed by atoms with Crippen molar-refractivity contribution in [3.05, 3.63) is 23.2 Å². The SMILES string of the molecule is CC(C)(C)[Si](C)(C)OC1CCCc2oc(/C(N)=N/O)cc21. The first-order chi connectivity index (χ1) is 9.65. The molecule has 0 aromatic carbocycles. The third-order valence-corrected chi connectivity index (χ3v) is 9.15. The van der Waals surface area contributed by atoms with Crippen LogP contribution >= 0.6 is 0 Å². The van der Waals surface area contributed by atoms with Gasteiger partial charge in [0.15, 0.2) is 14.1 Å². The Morgan fingerprint density at radius 3 is 2.71 bits per heavy atom. The minimum atomic E-state index is -1.84. The second-order valence-electron chi connectivity index (χ2n) is 7.23. The fraction of sp³-hybridized carbons (Fsp3) is 0.667. The Hall–Kier alpha value is -1.27. The fourth-order valence-corrected chi connectivity index (χ4v) is 3.65. The summed E-state index contributed by atoms with van der Waals surface area (Å²) in [7, 11) is -1.84. The lowest BCUT2D eigenvalue weighted by Crippen LogP contribution is -2.42. The second kappa shape index (κ2) is 5.49. The van der Waals surface area contributed by atoms with Gasteiger partial charge in [0.05, 0.1) is 6.10 Å². The van der Waals surface area contributed by atoms with E-state index in [1.54, 1.807) is 0 Å². The molecule has 1 heterocycles.